The smallest absolute Gasteiger partial charge is 0.303 e. The quantitative estimate of drug-likeness (QED) is 0.221. The normalized spacial score (nSPS) is 22.5. The molecule has 4 unspecified atom stereocenters. The maximum absolute atomic E-state index is 12.5. The van der Waals surface area contributed by atoms with Crippen LogP contribution in [0.2, 0.25) is 0 Å². The third kappa shape index (κ3) is 18.2. The van der Waals surface area contributed by atoms with Crippen molar-refractivity contribution in [3.05, 3.63) is 96.7 Å². The summed E-state index contributed by atoms with van der Waals surface area (Å²) in [5.74, 6) is -1.86. The molecule has 228 valence electrons. The fraction of sp³-hybridized carbons (Fsp3) is 0.412. The molecule has 0 aromatic carbocycles. The van der Waals surface area contributed by atoms with E-state index in [1.807, 2.05) is 37.3 Å². The van der Waals surface area contributed by atoms with Gasteiger partial charge in [-0.05, 0) is 38.3 Å². The number of rotatable bonds is 7. The zero-order valence-corrected chi connectivity index (χ0v) is 25.4. The van der Waals surface area contributed by atoms with Gasteiger partial charge in [0.25, 0.3) is 0 Å². The molecule has 0 spiro atoms. The summed E-state index contributed by atoms with van der Waals surface area (Å²) in [6.07, 6.45) is 27.8. The van der Waals surface area contributed by atoms with Crippen LogP contribution >= 0.6 is 0 Å². The molecular formula is C34H45NO7. The maximum Gasteiger partial charge on any atom is 0.303 e. The molecule has 1 rings (SSSR count). The van der Waals surface area contributed by atoms with E-state index in [1.54, 1.807) is 42.5 Å². The zero-order valence-electron chi connectivity index (χ0n) is 25.4. The Kier molecular flexibility index (Phi) is 18.4. The number of ether oxygens (including phenoxy) is 3. The van der Waals surface area contributed by atoms with Gasteiger partial charge in [0.2, 0.25) is 5.91 Å². The van der Waals surface area contributed by atoms with Gasteiger partial charge in [0.05, 0.1) is 0 Å². The number of amides is 1. The van der Waals surface area contributed by atoms with Crippen LogP contribution < -0.4 is 5.32 Å². The van der Waals surface area contributed by atoms with Crippen LogP contribution in [0, 0.1) is 0 Å². The second kappa shape index (κ2) is 21.5. The van der Waals surface area contributed by atoms with Crippen LogP contribution in [-0.4, -0.2) is 48.2 Å². The third-order valence-corrected chi connectivity index (χ3v) is 5.75. The lowest BCUT2D eigenvalue weighted by molar-refractivity contribution is -0.165. The van der Waals surface area contributed by atoms with E-state index >= 15 is 0 Å². The SMILES string of the molecule is CCCC=CCC1CC=CC=C(C)C=CC=CC(OC(C)=O)CC(OC(C)=O)C(OC(C)=O)C=CC=CC=CC(=O)N1. The summed E-state index contributed by atoms with van der Waals surface area (Å²) in [6, 6.07) is -0.0543. The summed E-state index contributed by atoms with van der Waals surface area (Å²) in [4.78, 5) is 48.1. The fourth-order valence-electron chi connectivity index (χ4n) is 3.87. The van der Waals surface area contributed by atoms with Gasteiger partial charge in [-0.2, -0.15) is 0 Å². The minimum Gasteiger partial charge on any atom is -0.458 e. The highest BCUT2D eigenvalue weighted by Crippen LogP contribution is 2.17. The predicted molar refractivity (Wildman–Crippen MR) is 165 cm³/mol. The van der Waals surface area contributed by atoms with Crippen LogP contribution in [0.4, 0.5) is 0 Å². The van der Waals surface area contributed by atoms with Gasteiger partial charge in [-0.15, -0.1) is 0 Å². The Morgan fingerprint density at radius 3 is 2.21 bits per heavy atom. The van der Waals surface area contributed by atoms with E-state index in [9.17, 15) is 19.2 Å². The predicted octanol–water partition coefficient (Wildman–Crippen LogP) is 6.09. The van der Waals surface area contributed by atoms with Crippen molar-refractivity contribution in [2.75, 3.05) is 0 Å². The lowest BCUT2D eigenvalue weighted by atomic mass is 10.0. The molecule has 0 bridgehead atoms. The van der Waals surface area contributed by atoms with Crippen molar-refractivity contribution in [1.82, 2.24) is 5.32 Å². The second-order valence-corrected chi connectivity index (χ2v) is 9.75. The number of nitrogens with one attached hydrogen (secondary N) is 1. The van der Waals surface area contributed by atoms with Crippen molar-refractivity contribution in [2.45, 2.75) is 91.1 Å². The van der Waals surface area contributed by atoms with Gasteiger partial charge < -0.3 is 19.5 Å². The standard InChI is InChI=1S/C34H45NO7/c1-6-7-8-11-20-30-21-16-14-18-26(2)19-15-17-22-31(40-27(3)36)25-33(42-29(5)38)32(41-28(4)37)23-12-9-10-13-24-34(39)35-30/h8-19,22-24,30-33H,6-7,20-21,25H2,1-5H3,(H,35,39). The van der Waals surface area contributed by atoms with E-state index in [0.717, 1.165) is 24.8 Å². The van der Waals surface area contributed by atoms with Gasteiger partial charge in [0, 0.05) is 39.3 Å². The van der Waals surface area contributed by atoms with Crippen molar-refractivity contribution < 1.29 is 33.4 Å². The minimum absolute atomic E-state index is 0.0543. The first kappa shape index (κ1) is 35.8. The molecular weight excluding hydrogens is 534 g/mol. The van der Waals surface area contributed by atoms with Crippen molar-refractivity contribution in [3.63, 3.8) is 0 Å². The summed E-state index contributed by atoms with van der Waals surface area (Å²) in [6.45, 7) is 7.87. The van der Waals surface area contributed by atoms with E-state index in [1.165, 1.54) is 26.8 Å². The third-order valence-electron chi connectivity index (χ3n) is 5.75. The Labute approximate surface area is 250 Å². The molecule has 0 saturated heterocycles. The van der Waals surface area contributed by atoms with Crippen LogP contribution in [-0.2, 0) is 33.4 Å². The van der Waals surface area contributed by atoms with Crippen LogP contribution in [0.5, 0.6) is 0 Å². The number of carbonyl (C=O) groups excluding carboxylic acids is 4. The number of hydrogen-bond donors (Lipinski definition) is 1. The van der Waals surface area contributed by atoms with Crippen molar-refractivity contribution in [2.24, 2.45) is 0 Å². The van der Waals surface area contributed by atoms with Gasteiger partial charge in [-0.25, -0.2) is 0 Å². The van der Waals surface area contributed by atoms with Gasteiger partial charge in [-0.3, -0.25) is 19.2 Å². The molecule has 1 aliphatic heterocycles. The summed E-state index contributed by atoms with van der Waals surface area (Å²) in [5.41, 5.74) is 0.984. The highest BCUT2D eigenvalue weighted by molar-refractivity contribution is 5.88. The zero-order chi connectivity index (χ0) is 31.2. The molecule has 0 aromatic rings. The molecule has 1 heterocycles. The largest absolute Gasteiger partial charge is 0.458 e. The maximum atomic E-state index is 12.5. The summed E-state index contributed by atoms with van der Waals surface area (Å²) in [5, 5.41) is 3.05. The highest BCUT2D eigenvalue weighted by Gasteiger charge is 2.28. The summed E-state index contributed by atoms with van der Waals surface area (Å²) < 4.78 is 16.3. The van der Waals surface area contributed by atoms with Gasteiger partial charge >= 0.3 is 17.9 Å². The first-order valence-electron chi connectivity index (χ1n) is 14.3. The Bertz CT molecular complexity index is 1120. The first-order chi connectivity index (χ1) is 20.1. The number of unbranched alkanes of at least 4 members (excludes halogenated alkanes) is 1. The van der Waals surface area contributed by atoms with Crippen LogP contribution in [0.25, 0.3) is 0 Å². The molecule has 1 aliphatic rings. The highest BCUT2D eigenvalue weighted by atomic mass is 16.6. The molecule has 0 saturated carbocycles. The number of allylic oxidation sites excluding steroid dienone is 11. The lowest BCUT2D eigenvalue weighted by Crippen LogP contribution is -2.36. The molecule has 0 aliphatic carbocycles. The molecule has 0 aromatic heterocycles. The fourth-order valence-corrected chi connectivity index (χ4v) is 3.87. The number of hydrogen-bond acceptors (Lipinski definition) is 7. The monoisotopic (exact) mass is 579 g/mol. The molecule has 42 heavy (non-hydrogen) atoms. The molecule has 4 atom stereocenters. The number of esters is 3. The van der Waals surface area contributed by atoms with Crippen LogP contribution in [0.1, 0.15) is 66.7 Å². The van der Waals surface area contributed by atoms with E-state index < -0.39 is 36.2 Å². The topological polar surface area (TPSA) is 108 Å². The van der Waals surface area contributed by atoms with Crippen molar-refractivity contribution in [3.8, 4) is 0 Å². The molecule has 0 radical (unpaired) electrons. The van der Waals surface area contributed by atoms with Crippen molar-refractivity contribution >= 4 is 23.8 Å². The lowest BCUT2D eigenvalue weighted by Gasteiger charge is -2.26. The van der Waals surface area contributed by atoms with E-state index in [2.05, 4.69) is 24.4 Å². The Hall–Kier alpha value is -4.20. The molecule has 8 heteroatoms. The average Bonchev–Trinajstić information content (AvgIpc) is 2.90. The van der Waals surface area contributed by atoms with Gasteiger partial charge in [0.15, 0.2) is 6.10 Å². The average molecular weight is 580 g/mol. The van der Waals surface area contributed by atoms with E-state index in [4.69, 9.17) is 14.2 Å². The molecule has 1 amide bonds. The second-order valence-electron chi connectivity index (χ2n) is 9.75. The van der Waals surface area contributed by atoms with Gasteiger partial charge in [0.1, 0.15) is 12.2 Å². The van der Waals surface area contributed by atoms with Gasteiger partial charge in [-0.1, -0.05) is 91.8 Å². The summed E-state index contributed by atoms with van der Waals surface area (Å²) in [7, 11) is 0. The minimum atomic E-state index is -0.943. The van der Waals surface area contributed by atoms with Crippen LogP contribution in [0.3, 0.4) is 0 Å². The van der Waals surface area contributed by atoms with Crippen molar-refractivity contribution in [1.29, 1.82) is 0 Å². The van der Waals surface area contributed by atoms with E-state index in [-0.39, 0.29) is 18.4 Å². The van der Waals surface area contributed by atoms with E-state index in [0.29, 0.717) is 6.42 Å². The number of carbonyl (C=O) groups is 4. The molecule has 1 N–H and O–H groups in total. The Balaban J connectivity index is 3.37. The summed E-state index contributed by atoms with van der Waals surface area (Å²) >= 11 is 0. The van der Waals surface area contributed by atoms with Crippen LogP contribution in [0.15, 0.2) is 96.7 Å². The first-order valence-corrected chi connectivity index (χ1v) is 14.3. The molecule has 0 fully saturated rings. The molecule has 8 nitrogen and oxygen atoms in total. The Morgan fingerprint density at radius 2 is 1.52 bits per heavy atom. The Morgan fingerprint density at radius 1 is 0.857 bits per heavy atom.